The van der Waals surface area contributed by atoms with E-state index in [-0.39, 0.29) is 12.5 Å². The first kappa shape index (κ1) is 12.7. The largest absolute Gasteiger partial charge is 0.353 e. The Kier molecular flexibility index (Phi) is 4.49. The smallest absolute Gasteiger partial charge is 0.241 e. The van der Waals surface area contributed by atoms with Gasteiger partial charge in [-0.2, -0.15) is 5.10 Å². The maximum absolute atomic E-state index is 11.5. The summed E-state index contributed by atoms with van der Waals surface area (Å²) >= 11 is 0. The van der Waals surface area contributed by atoms with Gasteiger partial charge in [-0.1, -0.05) is 6.92 Å². The molecule has 1 aromatic rings. The van der Waals surface area contributed by atoms with Gasteiger partial charge in [-0.15, -0.1) is 0 Å². The fraction of sp³-hybridized carbons (Fsp3) is 0.636. The second-order valence-electron chi connectivity index (χ2n) is 3.80. The summed E-state index contributed by atoms with van der Waals surface area (Å²) in [5.41, 5.74) is 8.62. The Bertz CT molecular complexity index is 370. The molecule has 0 bridgehead atoms. The molecule has 3 N–H and O–H groups in total. The Hall–Kier alpha value is -1.36. The Morgan fingerprint density at radius 2 is 2.19 bits per heavy atom. The maximum atomic E-state index is 11.5. The molecule has 0 saturated carbocycles. The summed E-state index contributed by atoms with van der Waals surface area (Å²) in [7, 11) is 0. The van der Waals surface area contributed by atoms with Gasteiger partial charge in [0.1, 0.15) is 6.54 Å². The first-order valence-corrected chi connectivity index (χ1v) is 5.59. The fourth-order valence-electron chi connectivity index (χ4n) is 1.80. The predicted octanol–water partition coefficient (Wildman–Crippen LogP) is 0.137. The first-order chi connectivity index (χ1) is 7.60. The van der Waals surface area contributed by atoms with Crippen LogP contribution in [0.1, 0.15) is 23.9 Å². The molecule has 0 fully saturated rings. The van der Waals surface area contributed by atoms with Gasteiger partial charge in [-0.3, -0.25) is 9.48 Å². The summed E-state index contributed by atoms with van der Waals surface area (Å²) in [6.07, 6.45) is 0.947. The van der Waals surface area contributed by atoms with Crippen LogP contribution in [-0.4, -0.2) is 28.8 Å². The van der Waals surface area contributed by atoms with Crippen LogP contribution < -0.4 is 11.1 Å². The SMILES string of the molecule is CCc1c(C)nn(CC(=O)NCCN)c1C. The van der Waals surface area contributed by atoms with Crippen molar-refractivity contribution in [2.45, 2.75) is 33.7 Å². The summed E-state index contributed by atoms with van der Waals surface area (Å²) in [4.78, 5) is 11.5. The molecule has 0 aliphatic carbocycles. The zero-order chi connectivity index (χ0) is 12.1. The molecule has 16 heavy (non-hydrogen) atoms. The average Bonchev–Trinajstić information content (AvgIpc) is 2.51. The molecule has 0 saturated heterocycles. The standard InChI is InChI=1S/C11H20N4O/c1-4-10-8(2)14-15(9(10)3)7-11(16)13-6-5-12/h4-7,12H2,1-3H3,(H,13,16). The number of nitrogens with two attached hydrogens (primary N) is 1. The summed E-state index contributed by atoms with van der Waals surface area (Å²) in [6.45, 7) is 7.31. The molecule has 0 aliphatic heterocycles. The first-order valence-electron chi connectivity index (χ1n) is 5.59. The van der Waals surface area contributed by atoms with E-state index in [1.807, 2.05) is 13.8 Å². The minimum atomic E-state index is -0.0429. The van der Waals surface area contributed by atoms with Crippen molar-refractivity contribution in [3.8, 4) is 0 Å². The van der Waals surface area contributed by atoms with E-state index in [1.165, 1.54) is 5.56 Å². The van der Waals surface area contributed by atoms with Crippen molar-refractivity contribution in [1.29, 1.82) is 0 Å². The van der Waals surface area contributed by atoms with Crippen molar-refractivity contribution in [2.24, 2.45) is 5.73 Å². The quantitative estimate of drug-likeness (QED) is 0.747. The second kappa shape index (κ2) is 5.65. The molecule has 0 radical (unpaired) electrons. The van der Waals surface area contributed by atoms with Gasteiger partial charge in [0.15, 0.2) is 0 Å². The Morgan fingerprint density at radius 1 is 1.50 bits per heavy atom. The van der Waals surface area contributed by atoms with Crippen LogP contribution in [0.15, 0.2) is 0 Å². The van der Waals surface area contributed by atoms with Crippen LogP contribution >= 0.6 is 0 Å². The van der Waals surface area contributed by atoms with Crippen LogP contribution in [0.5, 0.6) is 0 Å². The van der Waals surface area contributed by atoms with Crippen molar-refractivity contribution in [2.75, 3.05) is 13.1 Å². The zero-order valence-corrected chi connectivity index (χ0v) is 10.2. The Labute approximate surface area is 96.0 Å². The summed E-state index contributed by atoms with van der Waals surface area (Å²) in [5.74, 6) is -0.0429. The lowest BCUT2D eigenvalue weighted by Gasteiger charge is -2.05. The van der Waals surface area contributed by atoms with E-state index in [1.54, 1.807) is 4.68 Å². The number of carbonyl (C=O) groups is 1. The summed E-state index contributed by atoms with van der Waals surface area (Å²) < 4.78 is 1.75. The van der Waals surface area contributed by atoms with Crippen LogP contribution in [0.2, 0.25) is 0 Å². The summed E-state index contributed by atoms with van der Waals surface area (Å²) in [5, 5.41) is 7.08. The van der Waals surface area contributed by atoms with Crippen LogP contribution in [-0.2, 0) is 17.8 Å². The minimum absolute atomic E-state index is 0.0429. The minimum Gasteiger partial charge on any atom is -0.353 e. The van der Waals surface area contributed by atoms with E-state index in [0.717, 1.165) is 17.8 Å². The number of carbonyl (C=O) groups excluding carboxylic acids is 1. The topological polar surface area (TPSA) is 72.9 Å². The second-order valence-corrected chi connectivity index (χ2v) is 3.80. The molecule has 1 rings (SSSR count). The number of aromatic nitrogens is 2. The Morgan fingerprint density at radius 3 is 2.69 bits per heavy atom. The molecule has 0 atom stereocenters. The fourth-order valence-corrected chi connectivity index (χ4v) is 1.80. The zero-order valence-electron chi connectivity index (χ0n) is 10.2. The van der Waals surface area contributed by atoms with E-state index < -0.39 is 0 Å². The third-order valence-electron chi connectivity index (χ3n) is 2.64. The monoisotopic (exact) mass is 224 g/mol. The van der Waals surface area contributed by atoms with E-state index in [9.17, 15) is 4.79 Å². The number of hydrogen-bond acceptors (Lipinski definition) is 3. The molecule has 0 aromatic carbocycles. The molecule has 1 heterocycles. The lowest BCUT2D eigenvalue weighted by atomic mass is 10.1. The highest BCUT2D eigenvalue weighted by Gasteiger charge is 2.11. The van der Waals surface area contributed by atoms with Gasteiger partial charge >= 0.3 is 0 Å². The lowest BCUT2D eigenvalue weighted by molar-refractivity contribution is -0.121. The predicted molar refractivity (Wildman–Crippen MR) is 63.1 cm³/mol. The highest BCUT2D eigenvalue weighted by atomic mass is 16.2. The average molecular weight is 224 g/mol. The van der Waals surface area contributed by atoms with Gasteiger partial charge in [-0.05, 0) is 25.8 Å². The molecular weight excluding hydrogens is 204 g/mol. The van der Waals surface area contributed by atoms with Gasteiger partial charge in [0.2, 0.25) is 5.91 Å². The van der Waals surface area contributed by atoms with Gasteiger partial charge < -0.3 is 11.1 Å². The van der Waals surface area contributed by atoms with Crippen molar-refractivity contribution < 1.29 is 4.79 Å². The number of rotatable bonds is 5. The molecular formula is C11H20N4O. The molecule has 90 valence electrons. The van der Waals surface area contributed by atoms with E-state index in [2.05, 4.69) is 17.3 Å². The third-order valence-corrected chi connectivity index (χ3v) is 2.64. The van der Waals surface area contributed by atoms with Crippen LogP contribution in [0, 0.1) is 13.8 Å². The number of amides is 1. The lowest BCUT2D eigenvalue weighted by Crippen LogP contribution is -2.32. The normalized spacial score (nSPS) is 10.5. The Balaban J connectivity index is 2.70. The van der Waals surface area contributed by atoms with Gasteiger partial charge in [0, 0.05) is 18.8 Å². The van der Waals surface area contributed by atoms with Crippen molar-refractivity contribution in [1.82, 2.24) is 15.1 Å². The summed E-state index contributed by atoms with van der Waals surface area (Å²) in [6, 6.07) is 0. The molecule has 1 amide bonds. The number of nitrogens with zero attached hydrogens (tertiary/aromatic N) is 2. The van der Waals surface area contributed by atoms with Crippen LogP contribution in [0.3, 0.4) is 0 Å². The van der Waals surface area contributed by atoms with Crippen LogP contribution in [0.25, 0.3) is 0 Å². The van der Waals surface area contributed by atoms with E-state index >= 15 is 0 Å². The number of aryl methyl sites for hydroxylation is 1. The van der Waals surface area contributed by atoms with Crippen molar-refractivity contribution in [3.63, 3.8) is 0 Å². The van der Waals surface area contributed by atoms with Gasteiger partial charge in [-0.25, -0.2) is 0 Å². The highest BCUT2D eigenvalue weighted by Crippen LogP contribution is 2.12. The highest BCUT2D eigenvalue weighted by molar-refractivity contribution is 5.75. The molecule has 5 nitrogen and oxygen atoms in total. The number of hydrogen-bond donors (Lipinski definition) is 2. The van der Waals surface area contributed by atoms with E-state index in [0.29, 0.717) is 13.1 Å². The maximum Gasteiger partial charge on any atom is 0.241 e. The van der Waals surface area contributed by atoms with Crippen molar-refractivity contribution >= 4 is 5.91 Å². The van der Waals surface area contributed by atoms with Gasteiger partial charge in [0.25, 0.3) is 0 Å². The molecule has 0 aliphatic rings. The molecule has 5 heteroatoms. The van der Waals surface area contributed by atoms with Gasteiger partial charge in [0.05, 0.1) is 5.69 Å². The van der Waals surface area contributed by atoms with E-state index in [4.69, 9.17) is 5.73 Å². The molecule has 0 unspecified atom stereocenters. The van der Waals surface area contributed by atoms with Crippen LogP contribution in [0.4, 0.5) is 0 Å². The number of nitrogens with one attached hydrogen (secondary N) is 1. The van der Waals surface area contributed by atoms with Crippen molar-refractivity contribution in [3.05, 3.63) is 17.0 Å². The molecule has 0 spiro atoms. The third kappa shape index (κ3) is 2.82. The molecule has 1 aromatic heterocycles.